The Kier molecular flexibility index (Phi) is 6.02. The summed E-state index contributed by atoms with van der Waals surface area (Å²) < 4.78 is 70.5. The number of aromatic nitrogens is 1. The number of halogens is 5. The summed E-state index contributed by atoms with van der Waals surface area (Å²) in [5.41, 5.74) is -5.12. The Balaban J connectivity index is 4.02. The molecule has 1 rings (SSSR count). The van der Waals surface area contributed by atoms with Crippen LogP contribution in [0.2, 0.25) is 0 Å². The van der Waals surface area contributed by atoms with Crippen LogP contribution in [0.5, 0.6) is 0 Å². The van der Waals surface area contributed by atoms with Gasteiger partial charge in [-0.15, -0.1) is 0 Å². The second kappa shape index (κ2) is 7.23. The van der Waals surface area contributed by atoms with E-state index in [1.807, 2.05) is 0 Å². The molecule has 9 heteroatoms. The summed E-state index contributed by atoms with van der Waals surface area (Å²) in [7, 11) is 0.905. The third-order valence-corrected chi connectivity index (χ3v) is 3.16. The van der Waals surface area contributed by atoms with E-state index in [2.05, 4.69) is 9.72 Å². The normalized spacial score (nSPS) is 12.0. The highest BCUT2D eigenvalue weighted by atomic mass is 19.4. The van der Waals surface area contributed by atoms with Gasteiger partial charge in [0.25, 0.3) is 6.43 Å². The Morgan fingerprint density at radius 1 is 1.17 bits per heavy atom. The number of hydrogen-bond donors (Lipinski definition) is 0. The van der Waals surface area contributed by atoms with E-state index in [0.29, 0.717) is 0 Å². The molecule has 0 spiro atoms. The third-order valence-electron chi connectivity index (χ3n) is 3.16. The van der Waals surface area contributed by atoms with Gasteiger partial charge in [-0.1, -0.05) is 13.8 Å². The molecule has 0 unspecified atom stereocenters. The standard InChI is InChI=1S/C15H16F5NO3/c1-6(2)5-8-9(7(3)22)12(15(18,19)20)21-11(13(16)17)10(8)14(23)24-4/h6,13H,5H2,1-4H3. The number of alkyl halides is 5. The van der Waals surface area contributed by atoms with E-state index in [1.54, 1.807) is 13.8 Å². The molecule has 134 valence electrons. The molecule has 1 heterocycles. The van der Waals surface area contributed by atoms with Gasteiger partial charge in [0, 0.05) is 0 Å². The van der Waals surface area contributed by atoms with E-state index in [1.165, 1.54) is 0 Å². The molecule has 0 atom stereocenters. The zero-order valence-electron chi connectivity index (χ0n) is 13.4. The monoisotopic (exact) mass is 353 g/mol. The van der Waals surface area contributed by atoms with Gasteiger partial charge >= 0.3 is 12.1 Å². The van der Waals surface area contributed by atoms with Gasteiger partial charge < -0.3 is 4.74 Å². The first kappa shape index (κ1) is 20.0. The van der Waals surface area contributed by atoms with Crippen LogP contribution in [0.15, 0.2) is 0 Å². The summed E-state index contributed by atoms with van der Waals surface area (Å²) in [5, 5.41) is 0. The van der Waals surface area contributed by atoms with E-state index >= 15 is 0 Å². The van der Waals surface area contributed by atoms with Gasteiger partial charge in [-0.3, -0.25) is 4.79 Å². The predicted molar refractivity (Wildman–Crippen MR) is 74.1 cm³/mol. The van der Waals surface area contributed by atoms with Gasteiger partial charge in [-0.25, -0.2) is 18.6 Å². The first-order chi connectivity index (χ1) is 10.9. The summed E-state index contributed by atoms with van der Waals surface area (Å²) in [5.74, 6) is -2.58. The van der Waals surface area contributed by atoms with Gasteiger partial charge in [0.15, 0.2) is 11.5 Å². The molecule has 4 nitrogen and oxygen atoms in total. The summed E-state index contributed by atoms with van der Waals surface area (Å²) in [4.78, 5) is 26.6. The minimum atomic E-state index is -5.12. The van der Waals surface area contributed by atoms with E-state index in [4.69, 9.17) is 0 Å². The second-order valence-electron chi connectivity index (χ2n) is 5.52. The smallest absolute Gasteiger partial charge is 0.434 e. The zero-order valence-corrected chi connectivity index (χ0v) is 13.4. The van der Waals surface area contributed by atoms with Crippen LogP contribution in [0.25, 0.3) is 0 Å². The van der Waals surface area contributed by atoms with Crippen molar-refractivity contribution in [3.05, 3.63) is 28.1 Å². The number of methoxy groups -OCH3 is 1. The number of esters is 1. The number of ether oxygens (including phenoxy) is 1. The van der Waals surface area contributed by atoms with Crippen molar-refractivity contribution in [2.75, 3.05) is 7.11 Å². The fourth-order valence-corrected chi connectivity index (χ4v) is 2.34. The van der Waals surface area contributed by atoms with Crippen molar-refractivity contribution in [2.24, 2.45) is 5.92 Å². The molecule has 0 bridgehead atoms. The summed E-state index contributed by atoms with van der Waals surface area (Å²) in [6.45, 7) is 4.08. The Hall–Kier alpha value is -2.06. The number of ketones is 1. The minimum absolute atomic E-state index is 0.190. The highest BCUT2D eigenvalue weighted by Crippen LogP contribution is 2.37. The van der Waals surface area contributed by atoms with Crippen molar-refractivity contribution in [1.29, 1.82) is 0 Å². The lowest BCUT2D eigenvalue weighted by atomic mass is 9.89. The minimum Gasteiger partial charge on any atom is -0.465 e. The maximum atomic E-state index is 13.2. The number of nitrogens with zero attached hydrogens (tertiary/aromatic N) is 1. The number of carbonyl (C=O) groups is 2. The molecule has 0 aromatic carbocycles. The number of hydrogen-bond acceptors (Lipinski definition) is 4. The molecule has 0 radical (unpaired) electrons. The van der Waals surface area contributed by atoms with Crippen LogP contribution < -0.4 is 0 Å². The molecule has 0 saturated carbocycles. The van der Waals surface area contributed by atoms with Gasteiger partial charge in [0.1, 0.15) is 5.69 Å². The highest BCUT2D eigenvalue weighted by Gasteiger charge is 2.41. The lowest BCUT2D eigenvalue weighted by Crippen LogP contribution is -2.24. The lowest BCUT2D eigenvalue weighted by molar-refractivity contribution is -0.141. The molecule has 24 heavy (non-hydrogen) atoms. The van der Waals surface area contributed by atoms with Crippen molar-refractivity contribution in [1.82, 2.24) is 4.98 Å². The summed E-state index contributed by atoms with van der Waals surface area (Å²) in [6.07, 6.45) is -8.75. The maximum Gasteiger partial charge on any atom is 0.434 e. The van der Waals surface area contributed by atoms with Crippen LogP contribution in [0, 0.1) is 5.92 Å². The lowest BCUT2D eigenvalue weighted by Gasteiger charge is -2.21. The molecular formula is C15H16F5NO3. The molecule has 0 saturated heterocycles. The molecular weight excluding hydrogens is 337 g/mol. The molecule has 0 aliphatic rings. The van der Waals surface area contributed by atoms with Crippen LogP contribution in [0.3, 0.4) is 0 Å². The second-order valence-corrected chi connectivity index (χ2v) is 5.52. The molecule has 0 N–H and O–H groups in total. The number of pyridine rings is 1. The van der Waals surface area contributed by atoms with Gasteiger partial charge in [-0.2, -0.15) is 13.2 Å². The first-order valence-electron chi connectivity index (χ1n) is 6.93. The molecule has 0 aliphatic heterocycles. The maximum absolute atomic E-state index is 13.2. The van der Waals surface area contributed by atoms with Gasteiger partial charge in [-0.05, 0) is 24.8 Å². The quantitative estimate of drug-likeness (QED) is 0.452. The fourth-order valence-electron chi connectivity index (χ4n) is 2.34. The molecule has 1 aromatic rings. The van der Waals surface area contributed by atoms with Gasteiger partial charge in [0.2, 0.25) is 0 Å². The topological polar surface area (TPSA) is 56.3 Å². The van der Waals surface area contributed by atoms with Crippen LogP contribution >= 0.6 is 0 Å². The van der Waals surface area contributed by atoms with Crippen molar-refractivity contribution in [3.63, 3.8) is 0 Å². The zero-order chi connectivity index (χ0) is 18.8. The van der Waals surface area contributed by atoms with E-state index in [9.17, 15) is 31.5 Å². The average molecular weight is 353 g/mol. The summed E-state index contributed by atoms with van der Waals surface area (Å²) >= 11 is 0. The largest absolute Gasteiger partial charge is 0.465 e. The number of Topliss-reactive ketones (excluding diaryl/α,β-unsaturated/α-hetero) is 1. The van der Waals surface area contributed by atoms with E-state index in [0.717, 1.165) is 14.0 Å². The van der Waals surface area contributed by atoms with Crippen LogP contribution in [-0.2, 0) is 17.3 Å². The highest BCUT2D eigenvalue weighted by molar-refractivity contribution is 6.01. The van der Waals surface area contributed by atoms with Crippen molar-refractivity contribution >= 4 is 11.8 Å². The first-order valence-corrected chi connectivity index (χ1v) is 6.93. The third kappa shape index (κ3) is 4.07. The van der Waals surface area contributed by atoms with Crippen molar-refractivity contribution < 1.29 is 36.3 Å². The van der Waals surface area contributed by atoms with E-state index < -0.39 is 52.4 Å². The fraction of sp³-hybridized carbons (Fsp3) is 0.533. The van der Waals surface area contributed by atoms with Crippen LogP contribution in [0.4, 0.5) is 22.0 Å². The van der Waals surface area contributed by atoms with Crippen molar-refractivity contribution in [2.45, 2.75) is 39.8 Å². The summed E-state index contributed by atoms with van der Waals surface area (Å²) in [6, 6.07) is 0. The molecule has 1 aromatic heterocycles. The van der Waals surface area contributed by atoms with Crippen LogP contribution in [0.1, 0.15) is 64.9 Å². The molecule has 0 amide bonds. The molecule has 0 aliphatic carbocycles. The Labute approximate surface area is 135 Å². The predicted octanol–water partition coefficient (Wildman–Crippen LogP) is 4.23. The molecule has 0 fully saturated rings. The van der Waals surface area contributed by atoms with E-state index in [-0.39, 0.29) is 12.3 Å². The van der Waals surface area contributed by atoms with Crippen LogP contribution in [-0.4, -0.2) is 23.8 Å². The Morgan fingerprint density at radius 3 is 2.04 bits per heavy atom. The SMILES string of the molecule is COC(=O)c1c(C(F)F)nc(C(F)(F)F)c(C(C)=O)c1CC(C)C. The van der Waals surface area contributed by atoms with Crippen molar-refractivity contribution in [3.8, 4) is 0 Å². The Morgan fingerprint density at radius 2 is 1.71 bits per heavy atom. The average Bonchev–Trinajstić information content (AvgIpc) is 2.43. The van der Waals surface area contributed by atoms with Gasteiger partial charge in [0.05, 0.1) is 18.2 Å². The number of carbonyl (C=O) groups excluding carboxylic acids is 2. The Bertz CT molecular complexity index is 653. The number of rotatable bonds is 5.